The van der Waals surface area contributed by atoms with Crippen LogP contribution in [0.1, 0.15) is 25.5 Å². The largest absolute Gasteiger partial charge is 0.463 e. The Bertz CT molecular complexity index is 898. The lowest BCUT2D eigenvalue weighted by Gasteiger charge is -2.30. The summed E-state index contributed by atoms with van der Waals surface area (Å²) in [5.74, 6) is 0.0512. The topological polar surface area (TPSA) is 76.1 Å². The number of benzene rings is 1. The van der Waals surface area contributed by atoms with Gasteiger partial charge in [-0.1, -0.05) is 35.3 Å². The first-order valence-electron chi connectivity index (χ1n) is 7.34. The molecule has 24 heavy (non-hydrogen) atoms. The molecule has 1 aromatic heterocycles. The number of nitrogens with one attached hydrogen (secondary N) is 2. The summed E-state index contributed by atoms with van der Waals surface area (Å²) >= 11 is 12.5. The zero-order valence-corrected chi connectivity index (χ0v) is 14.5. The van der Waals surface area contributed by atoms with Crippen LogP contribution in [-0.2, 0) is 9.53 Å². The molecule has 0 fully saturated rings. The molecule has 0 bridgehead atoms. The number of halogens is 2. The van der Waals surface area contributed by atoms with Gasteiger partial charge in [-0.15, -0.1) is 0 Å². The van der Waals surface area contributed by atoms with Crippen molar-refractivity contribution >= 4 is 35.0 Å². The second kappa shape index (κ2) is 6.37. The van der Waals surface area contributed by atoms with Crippen molar-refractivity contribution in [3.63, 3.8) is 0 Å². The highest BCUT2D eigenvalue weighted by Gasteiger charge is 2.35. The van der Waals surface area contributed by atoms with Crippen molar-refractivity contribution in [2.24, 2.45) is 0 Å². The number of anilines is 1. The van der Waals surface area contributed by atoms with Gasteiger partial charge in [-0.05, 0) is 19.9 Å². The van der Waals surface area contributed by atoms with E-state index in [1.54, 1.807) is 36.7 Å². The molecule has 2 N–H and O–H groups in total. The number of allylic oxidation sites excluding steroid dienone is 1. The minimum atomic E-state index is -0.644. The lowest BCUT2D eigenvalue weighted by atomic mass is 9.95. The Morgan fingerprint density at radius 1 is 1.38 bits per heavy atom. The number of aromatic amines is 1. The summed E-state index contributed by atoms with van der Waals surface area (Å²) in [6.45, 7) is 3.72. The maximum Gasteiger partial charge on any atom is 0.338 e. The van der Waals surface area contributed by atoms with Crippen LogP contribution in [0.2, 0.25) is 10.0 Å². The third-order valence-electron chi connectivity index (χ3n) is 3.78. The number of carbonyl (C=O) groups excluding carboxylic acids is 1. The third kappa shape index (κ3) is 2.72. The molecule has 1 atom stereocenters. The Morgan fingerprint density at radius 3 is 2.83 bits per heavy atom. The Kier molecular flexibility index (Phi) is 4.43. The van der Waals surface area contributed by atoms with E-state index in [2.05, 4.69) is 10.4 Å². The fraction of sp³-hybridized carbons (Fsp3) is 0.250. The lowest BCUT2D eigenvalue weighted by Crippen LogP contribution is -2.30. The Balaban J connectivity index is 2.25. The number of H-pyrrole nitrogens is 1. The van der Waals surface area contributed by atoms with E-state index in [4.69, 9.17) is 27.9 Å². The van der Waals surface area contributed by atoms with Crippen molar-refractivity contribution < 1.29 is 9.53 Å². The molecule has 1 unspecified atom stereocenters. The van der Waals surface area contributed by atoms with Crippen LogP contribution in [0.3, 0.4) is 0 Å². The molecule has 126 valence electrons. The second-order valence-electron chi connectivity index (χ2n) is 5.31. The molecule has 0 saturated heterocycles. The van der Waals surface area contributed by atoms with Crippen LogP contribution >= 0.6 is 23.2 Å². The molecule has 0 saturated carbocycles. The highest BCUT2D eigenvalue weighted by Crippen LogP contribution is 2.40. The predicted octanol–water partition coefficient (Wildman–Crippen LogP) is 3.34. The van der Waals surface area contributed by atoms with Gasteiger partial charge in [-0.3, -0.25) is 14.6 Å². The molecule has 1 aliphatic heterocycles. The van der Waals surface area contributed by atoms with E-state index in [0.717, 1.165) is 0 Å². The highest BCUT2D eigenvalue weighted by molar-refractivity contribution is 6.42. The number of carbonyl (C=O) groups is 1. The molecular weight excluding hydrogens is 353 g/mol. The lowest BCUT2D eigenvalue weighted by molar-refractivity contribution is -0.139. The summed E-state index contributed by atoms with van der Waals surface area (Å²) in [6.07, 6.45) is 0. The summed E-state index contributed by atoms with van der Waals surface area (Å²) in [7, 11) is 0. The number of aromatic nitrogens is 2. The van der Waals surface area contributed by atoms with Crippen molar-refractivity contribution in [3.05, 3.63) is 61.5 Å². The summed E-state index contributed by atoms with van der Waals surface area (Å²) in [6, 6.07) is 5.93. The van der Waals surface area contributed by atoms with E-state index in [1.165, 1.54) is 6.07 Å². The maximum absolute atomic E-state index is 12.5. The van der Waals surface area contributed by atoms with Crippen LogP contribution in [0.4, 0.5) is 5.82 Å². The standard InChI is InChI=1S/C16H15Cl2N3O3/c1-3-24-16(23)13-8(2)19-11-7-12(22)20-21(11)15(13)9-5-4-6-10(17)14(9)18/h4-7,15,19H,3H2,1-2H3,(H,20,22). The van der Waals surface area contributed by atoms with Gasteiger partial charge in [-0.2, -0.15) is 0 Å². The Morgan fingerprint density at radius 2 is 2.12 bits per heavy atom. The second-order valence-corrected chi connectivity index (χ2v) is 6.09. The Hall–Kier alpha value is -2.18. The first kappa shape index (κ1) is 16.7. The molecule has 0 radical (unpaired) electrons. The minimum absolute atomic E-state index is 0.237. The van der Waals surface area contributed by atoms with Gasteiger partial charge in [0.1, 0.15) is 11.9 Å². The molecule has 1 aliphatic rings. The number of hydrogen-bond donors (Lipinski definition) is 2. The van der Waals surface area contributed by atoms with Crippen molar-refractivity contribution in [2.75, 3.05) is 11.9 Å². The van der Waals surface area contributed by atoms with Gasteiger partial charge in [0.15, 0.2) is 0 Å². The van der Waals surface area contributed by atoms with Crippen LogP contribution in [0.5, 0.6) is 0 Å². The van der Waals surface area contributed by atoms with Gasteiger partial charge >= 0.3 is 5.97 Å². The molecule has 2 heterocycles. The van der Waals surface area contributed by atoms with E-state index in [-0.39, 0.29) is 12.2 Å². The van der Waals surface area contributed by atoms with Crippen LogP contribution < -0.4 is 10.9 Å². The van der Waals surface area contributed by atoms with Crippen LogP contribution in [-0.4, -0.2) is 22.4 Å². The smallest absolute Gasteiger partial charge is 0.338 e. The van der Waals surface area contributed by atoms with E-state index in [0.29, 0.717) is 32.7 Å². The first-order chi connectivity index (χ1) is 11.4. The number of ether oxygens (including phenoxy) is 1. The summed E-state index contributed by atoms with van der Waals surface area (Å²) in [4.78, 5) is 24.3. The molecule has 3 rings (SSSR count). The van der Waals surface area contributed by atoms with E-state index in [1.807, 2.05) is 0 Å². The van der Waals surface area contributed by atoms with Crippen molar-refractivity contribution in [2.45, 2.75) is 19.9 Å². The van der Waals surface area contributed by atoms with Crippen LogP contribution in [0, 0.1) is 0 Å². The predicted molar refractivity (Wildman–Crippen MR) is 92.6 cm³/mol. The molecular formula is C16H15Cl2N3O3. The zero-order chi connectivity index (χ0) is 17.4. The first-order valence-corrected chi connectivity index (χ1v) is 8.10. The van der Waals surface area contributed by atoms with Gasteiger partial charge in [0.05, 0.1) is 22.2 Å². The van der Waals surface area contributed by atoms with Crippen LogP contribution in [0.25, 0.3) is 0 Å². The zero-order valence-electron chi connectivity index (χ0n) is 13.0. The summed E-state index contributed by atoms with van der Waals surface area (Å²) in [5.41, 5.74) is 1.26. The number of esters is 1. The van der Waals surface area contributed by atoms with Crippen molar-refractivity contribution in [1.82, 2.24) is 9.78 Å². The monoisotopic (exact) mass is 367 g/mol. The van der Waals surface area contributed by atoms with Crippen molar-refractivity contribution in [1.29, 1.82) is 0 Å². The molecule has 0 spiro atoms. The molecule has 6 nitrogen and oxygen atoms in total. The van der Waals surface area contributed by atoms with Gasteiger partial charge in [0.25, 0.3) is 5.56 Å². The highest BCUT2D eigenvalue weighted by atomic mass is 35.5. The average molecular weight is 368 g/mol. The fourth-order valence-electron chi connectivity index (χ4n) is 2.80. The van der Waals surface area contributed by atoms with E-state index >= 15 is 0 Å². The van der Waals surface area contributed by atoms with Crippen LogP contribution in [0.15, 0.2) is 40.3 Å². The summed E-state index contributed by atoms with van der Waals surface area (Å²) < 4.78 is 6.73. The fourth-order valence-corrected chi connectivity index (χ4v) is 3.21. The quantitative estimate of drug-likeness (QED) is 0.815. The number of hydrogen-bond acceptors (Lipinski definition) is 4. The third-order valence-corrected chi connectivity index (χ3v) is 4.61. The number of fused-ring (bicyclic) bond motifs is 1. The Labute approximate surface area is 148 Å². The summed E-state index contributed by atoms with van der Waals surface area (Å²) in [5, 5.41) is 6.42. The molecule has 1 aromatic carbocycles. The minimum Gasteiger partial charge on any atom is -0.463 e. The molecule has 2 aromatic rings. The molecule has 0 amide bonds. The van der Waals surface area contributed by atoms with Gasteiger partial charge < -0.3 is 10.1 Å². The number of nitrogens with zero attached hydrogens (tertiary/aromatic N) is 1. The normalized spacial score (nSPS) is 16.6. The average Bonchev–Trinajstić information content (AvgIpc) is 2.89. The van der Waals surface area contributed by atoms with E-state index in [9.17, 15) is 9.59 Å². The number of rotatable bonds is 3. The van der Waals surface area contributed by atoms with Gasteiger partial charge in [0.2, 0.25) is 0 Å². The molecule has 0 aliphatic carbocycles. The SMILES string of the molecule is CCOC(=O)C1=C(C)Nc2cc(=O)[nH]n2C1c1cccc(Cl)c1Cl. The van der Waals surface area contributed by atoms with E-state index < -0.39 is 12.0 Å². The van der Waals surface area contributed by atoms with Crippen molar-refractivity contribution in [3.8, 4) is 0 Å². The van der Waals surface area contributed by atoms with Gasteiger partial charge in [-0.25, -0.2) is 4.79 Å². The maximum atomic E-state index is 12.5. The van der Waals surface area contributed by atoms with Gasteiger partial charge in [0, 0.05) is 17.3 Å². The molecule has 8 heteroatoms.